The van der Waals surface area contributed by atoms with Crippen LogP contribution in [0.15, 0.2) is 0 Å². The van der Waals surface area contributed by atoms with Crippen LogP contribution in [0.5, 0.6) is 0 Å². The van der Waals surface area contributed by atoms with Crippen molar-refractivity contribution in [2.75, 3.05) is 54.4 Å². The second-order valence-corrected chi connectivity index (χ2v) is 9.99. The van der Waals surface area contributed by atoms with E-state index in [-0.39, 0.29) is 5.41 Å². The van der Waals surface area contributed by atoms with E-state index in [4.69, 9.17) is 0 Å². The highest BCUT2D eigenvalue weighted by Crippen LogP contribution is 2.40. The molecule has 29 heavy (non-hydrogen) atoms. The highest BCUT2D eigenvalue weighted by atomic mass is 16.2. The van der Waals surface area contributed by atoms with E-state index in [1.165, 1.54) is 67.6 Å². The van der Waals surface area contributed by atoms with Gasteiger partial charge in [0.05, 0.1) is 41.3 Å². The zero-order valence-electron chi connectivity index (χ0n) is 21.2. The molecule has 0 saturated heterocycles. The third kappa shape index (κ3) is 14.1. The van der Waals surface area contributed by atoms with Gasteiger partial charge < -0.3 is 14.7 Å². The molecule has 2 N–H and O–H groups in total. The van der Waals surface area contributed by atoms with Gasteiger partial charge in [0.25, 0.3) is 0 Å². The zero-order valence-corrected chi connectivity index (χ0v) is 21.2. The molecule has 0 aromatic heterocycles. The minimum absolute atomic E-state index is 0.233. The number of quaternary nitrogens is 2. The Morgan fingerprint density at radius 2 is 1.07 bits per heavy atom. The van der Waals surface area contributed by atoms with Crippen LogP contribution >= 0.6 is 0 Å². The Morgan fingerprint density at radius 1 is 0.690 bits per heavy atom. The van der Waals surface area contributed by atoms with Crippen molar-refractivity contribution in [2.24, 2.45) is 5.41 Å². The standard InChI is InChI=1S/C25H53N3O/c1-8-11-16-25(17-12-9-2,18-13-10-3)23-24(29)28(21-14-19-26(4)5)22-15-20-27(6)7/h8-23H2,1-7H3/p+2. The van der Waals surface area contributed by atoms with E-state index in [1.54, 1.807) is 0 Å². The molecular weight excluding hydrogens is 358 g/mol. The van der Waals surface area contributed by atoms with Crippen LogP contribution in [0.25, 0.3) is 0 Å². The van der Waals surface area contributed by atoms with Crippen LogP contribution in [-0.4, -0.2) is 65.2 Å². The number of amides is 1. The highest BCUT2D eigenvalue weighted by molar-refractivity contribution is 5.77. The summed E-state index contributed by atoms with van der Waals surface area (Å²) in [6, 6.07) is 0. The lowest BCUT2D eigenvalue weighted by Gasteiger charge is -2.36. The smallest absolute Gasteiger partial charge is 0.223 e. The monoisotopic (exact) mass is 413 g/mol. The molecule has 174 valence electrons. The summed E-state index contributed by atoms with van der Waals surface area (Å²) in [5.41, 5.74) is 0.233. The first-order chi connectivity index (χ1) is 13.8. The minimum atomic E-state index is 0.233. The SMILES string of the molecule is CCCCC(CCCC)(CCCC)CC(=O)N(CCC[NH+](C)C)CCC[NH+](C)C. The average Bonchev–Trinajstić information content (AvgIpc) is 2.67. The van der Waals surface area contributed by atoms with Crippen molar-refractivity contribution in [3.05, 3.63) is 0 Å². The molecule has 0 aliphatic rings. The Kier molecular flexibility index (Phi) is 16.7. The second kappa shape index (κ2) is 17.1. The Hall–Kier alpha value is -0.610. The lowest BCUT2D eigenvalue weighted by Crippen LogP contribution is -3.05. The van der Waals surface area contributed by atoms with Crippen LogP contribution in [0.2, 0.25) is 0 Å². The fraction of sp³-hybridized carbons (Fsp3) is 0.960. The van der Waals surface area contributed by atoms with Crippen molar-refractivity contribution < 1.29 is 14.6 Å². The highest BCUT2D eigenvalue weighted by Gasteiger charge is 2.32. The Balaban J connectivity index is 5.22. The topological polar surface area (TPSA) is 29.2 Å². The van der Waals surface area contributed by atoms with Crippen molar-refractivity contribution in [3.63, 3.8) is 0 Å². The third-order valence-electron chi connectivity index (χ3n) is 6.27. The fourth-order valence-electron chi connectivity index (χ4n) is 4.34. The van der Waals surface area contributed by atoms with Gasteiger partial charge in [-0.1, -0.05) is 59.3 Å². The van der Waals surface area contributed by atoms with Crippen molar-refractivity contribution in [1.29, 1.82) is 0 Å². The van der Waals surface area contributed by atoms with E-state index in [2.05, 4.69) is 53.9 Å². The summed E-state index contributed by atoms with van der Waals surface area (Å²) in [4.78, 5) is 18.7. The number of hydrogen-bond acceptors (Lipinski definition) is 1. The van der Waals surface area contributed by atoms with Crippen LogP contribution in [0, 0.1) is 5.41 Å². The van der Waals surface area contributed by atoms with E-state index in [9.17, 15) is 4.79 Å². The second-order valence-electron chi connectivity index (χ2n) is 9.99. The quantitative estimate of drug-likeness (QED) is 0.335. The van der Waals surface area contributed by atoms with Crippen molar-refractivity contribution >= 4 is 5.91 Å². The lowest BCUT2D eigenvalue weighted by atomic mass is 9.71. The normalized spacial score (nSPS) is 12.2. The van der Waals surface area contributed by atoms with E-state index < -0.39 is 0 Å². The van der Waals surface area contributed by atoms with Crippen LogP contribution < -0.4 is 9.80 Å². The molecule has 4 nitrogen and oxygen atoms in total. The van der Waals surface area contributed by atoms with Gasteiger partial charge in [-0.2, -0.15) is 0 Å². The summed E-state index contributed by atoms with van der Waals surface area (Å²) >= 11 is 0. The van der Waals surface area contributed by atoms with Gasteiger partial charge in [0, 0.05) is 32.4 Å². The molecule has 0 bridgehead atoms. The molecular formula is C25H55N3O+2. The number of carbonyl (C=O) groups excluding carboxylic acids is 1. The predicted molar refractivity (Wildman–Crippen MR) is 127 cm³/mol. The fourth-order valence-corrected chi connectivity index (χ4v) is 4.34. The molecule has 0 saturated carbocycles. The number of rotatable bonds is 19. The van der Waals surface area contributed by atoms with Gasteiger partial charge >= 0.3 is 0 Å². The average molecular weight is 414 g/mol. The lowest BCUT2D eigenvalue weighted by molar-refractivity contribution is -0.858. The summed E-state index contributed by atoms with van der Waals surface area (Å²) in [5, 5.41) is 0. The Labute approximate surface area is 183 Å². The van der Waals surface area contributed by atoms with Crippen LogP contribution in [0.4, 0.5) is 0 Å². The van der Waals surface area contributed by atoms with E-state index in [0.717, 1.165) is 45.4 Å². The summed E-state index contributed by atoms with van der Waals surface area (Å²) < 4.78 is 0. The maximum Gasteiger partial charge on any atom is 0.223 e. The zero-order chi connectivity index (χ0) is 22.1. The molecule has 0 aromatic rings. The van der Waals surface area contributed by atoms with E-state index in [1.807, 2.05) is 0 Å². The molecule has 0 aliphatic carbocycles. The number of nitrogens with zero attached hydrogens (tertiary/aromatic N) is 1. The number of unbranched alkanes of at least 4 members (excludes halogenated alkanes) is 3. The first-order valence-electron chi connectivity index (χ1n) is 12.7. The molecule has 0 heterocycles. The summed E-state index contributed by atoms with van der Waals surface area (Å²) in [5.74, 6) is 0.427. The molecule has 4 heteroatoms. The van der Waals surface area contributed by atoms with Gasteiger partial charge in [-0.3, -0.25) is 4.79 Å². The number of nitrogens with one attached hydrogen (secondary N) is 2. The molecule has 0 radical (unpaired) electrons. The largest absolute Gasteiger partial charge is 0.342 e. The molecule has 0 aliphatic heterocycles. The molecule has 0 fully saturated rings. The van der Waals surface area contributed by atoms with Crippen LogP contribution in [-0.2, 0) is 4.79 Å². The van der Waals surface area contributed by atoms with Gasteiger partial charge in [-0.05, 0) is 24.7 Å². The van der Waals surface area contributed by atoms with Gasteiger partial charge in [-0.25, -0.2) is 0 Å². The predicted octanol–water partition coefficient (Wildman–Crippen LogP) is 2.83. The van der Waals surface area contributed by atoms with Crippen LogP contribution in [0.1, 0.15) is 97.8 Å². The van der Waals surface area contributed by atoms with Crippen molar-refractivity contribution in [2.45, 2.75) is 97.8 Å². The van der Waals surface area contributed by atoms with E-state index in [0.29, 0.717) is 5.91 Å². The molecule has 0 rings (SSSR count). The summed E-state index contributed by atoms with van der Waals surface area (Å²) in [6.07, 6.45) is 14.1. The summed E-state index contributed by atoms with van der Waals surface area (Å²) in [7, 11) is 8.80. The molecule has 0 spiro atoms. The molecule has 0 aromatic carbocycles. The maximum atomic E-state index is 13.5. The third-order valence-corrected chi connectivity index (χ3v) is 6.27. The maximum absolute atomic E-state index is 13.5. The first-order valence-corrected chi connectivity index (χ1v) is 12.7. The van der Waals surface area contributed by atoms with Crippen molar-refractivity contribution in [3.8, 4) is 0 Å². The van der Waals surface area contributed by atoms with Gasteiger partial charge in [0.15, 0.2) is 0 Å². The van der Waals surface area contributed by atoms with Gasteiger partial charge in [0.1, 0.15) is 0 Å². The number of hydrogen-bond donors (Lipinski definition) is 2. The van der Waals surface area contributed by atoms with E-state index >= 15 is 0 Å². The van der Waals surface area contributed by atoms with Crippen LogP contribution in [0.3, 0.4) is 0 Å². The molecule has 1 amide bonds. The summed E-state index contributed by atoms with van der Waals surface area (Å²) in [6.45, 7) is 11.0. The van der Waals surface area contributed by atoms with Crippen molar-refractivity contribution in [1.82, 2.24) is 4.90 Å². The minimum Gasteiger partial charge on any atom is -0.342 e. The number of carbonyl (C=O) groups is 1. The first kappa shape index (κ1) is 28.4. The molecule has 0 atom stereocenters. The van der Waals surface area contributed by atoms with Gasteiger partial charge in [-0.15, -0.1) is 0 Å². The molecule has 0 unspecified atom stereocenters. The Morgan fingerprint density at radius 3 is 1.38 bits per heavy atom. The van der Waals surface area contributed by atoms with Gasteiger partial charge in [0.2, 0.25) is 5.91 Å². The Bertz CT molecular complexity index is 360.